The fraction of sp³-hybridized carbons (Fsp3) is 0.833. The molecule has 0 radical (unpaired) electrons. The number of halogens is 1. The molecule has 2 nitrogen and oxygen atoms in total. The molecule has 3 rings (SSSR count). The van der Waals surface area contributed by atoms with Crippen molar-refractivity contribution < 1.29 is 9.13 Å². The van der Waals surface area contributed by atoms with E-state index < -0.39 is 6.17 Å². The van der Waals surface area contributed by atoms with E-state index in [9.17, 15) is 4.39 Å². The van der Waals surface area contributed by atoms with Gasteiger partial charge in [0.15, 0.2) is 0 Å². The quantitative estimate of drug-likeness (QED) is 0.259. The monoisotopic (exact) mass is 459 g/mol. The smallest absolute Gasteiger partial charge is 0.137 e. The first-order chi connectivity index (χ1) is 16.2. The van der Waals surface area contributed by atoms with Crippen molar-refractivity contribution in [2.75, 3.05) is 6.61 Å². The molecule has 0 aliphatic heterocycles. The summed E-state index contributed by atoms with van der Waals surface area (Å²) in [6, 6.07) is 4.04. The van der Waals surface area contributed by atoms with Gasteiger partial charge < -0.3 is 4.74 Å². The lowest BCUT2D eigenvalue weighted by atomic mass is 9.68. The molecule has 33 heavy (non-hydrogen) atoms. The van der Waals surface area contributed by atoms with Crippen LogP contribution in [0.25, 0.3) is 0 Å². The number of hydrogen-bond acceptors (Lipinski definition) is 2. The summed E-state index contributed by atoms with van der Waals surface area (Å²) in [7, 11) is 0. The molecule has 0 saturated heterocycles. The molecule has 0 aromatic carbocycles. The fourth-order valence-electron chi connectivity index (χ4n) is 6.36. The van der Waals surface area contributed by atoms with Crippen molar-refractivity contribution in [2.45, 2.75) is 129 Å². The Bertz CT molecular complexity index is 617. The van der Waals surface area contributed by atoms with E-state index in [-0.39, 0.29) is 6.61 Å². The van der Waals surface area contributed by atoms with Crippen LogP contribution >= 0.6 is 0 Å². The van der Waals surface area contributed by atoms with Gasteiger partial charge in [-0.3, -0.25) is 4.98 Å². The minimum Gasteiger partial charge on any atom is -0.489 e. The molecular formula is C30H50FNO. The number of alkyl halides is 1. The number of hydrogen-bond donors (Lipinski definition) is 0. The fourth-order valence-corrected chi connectivity index (χ4v) is 6.36. The van der Waals surface area contributed by atoms with Crippen LogP contribution in [0.5, 0.6) is 5.75 Å². The Hall–Kier alpha value is -1.12. The van der Waals surface area contributed by atoms with Crippen LogP contribution in [-0.4, -0.2) is 17.8 Å². The van der Waals surface area contributed by atoms with E-state index in [4.69, 9.17) is 4.74 Å². The molecule has 0 spiro atoms. The standard InChI is InChI=1S/C30H50FNO/c1-3-5-6-7-9-28(31)23-33-30-21-20-29(32-22-30)19-14-25-12-17-27(18-13-25)26-15-10-24(8-4-2)11-16-26/h20-22,24-28H,3-19,23H2,1-2H3/t24-,25?,26-,27?,28?. The molecule has 1 heterocycles. The third-order valence-corrected chi connectivity index (χ3v) is 8.55. The Kier molecular flexibility index (Phi) is 12.0. The Morgan fingerprint density at radius 3 is 2.09 bits per heavy atom. The van der Waals surface area contributed by atoms with Crippen molar-refractivity contribution >= 4 is 0 Å². The first-order valence-corrected chi connectivity index (χ1v) is 14.4. The predicted octanol–water partition coefficient (Wildman–Crippen LogP) is 9.11. The second-order valence-corrected chi connectivity index (χ2v) is 11.1. The van der Waals surface area contributed by atoms with E-state index in [1.165, 1.54) is 83.5 Å². The van der Waals surface area contributed by atoms with Gasteiger partial charge in [-0.2, -0.15) is 0 Å². The van der Waals surface area contributed by atoms with Crippen LogP contribution in [0.4, 0.5) is 4.39 Å². The summed E-state index contributed by atoms with van der Waals surface area (Å²) in [6.07, 6.45) is 22.8. The molecule has 1 atom stereocenters. The molecule has 2 fully saturated rings. The average molecular weight is 460 g/mol. The van der Waals surface area contributed by atoms with Crippen LogP contribution in [0.3, 0.4) is 0 Å². The zero-order chi connectivity index (χ0) is 23.3. The molecule has 2 aliphatic rings. The maximum absolute atomic E-state index is 14.0. The average Bonchev–Trinajstić information content (AvgIpc) is 2.86. The molecule has 2 aliphatic carbocycles. The third-order valence-electron chi connectivity index (χ3n) is 8.55. The zero-order valence-corrected chi connectivity index (χ0v) is 21.6. The molecule has 188 valence electrons. The highest BCUT2D eigenvalue weighted by atomic mass is 19.1. The van der Waals surface area contributed by atoms with Crippen molar-refractivity contribution in [1.82, 2.24) is 4.98 Å². The van der Waals surface area contributed by atoms with Crippen molar-refractivity contribution in [3.63, 3.8) is 0 Å². The lowest BCUT2D eigenvalue weighted by Gasteiger charge is -2.38. The number of aromatic nitrogens is 1. The first-order valence-electron chi connectivity index (χ1n) is 14.4. The van der Waals surface area contributed by atoms with Crippen LogP contribution in [0.15, 0.2) is 18.3 Å². The summed E-state index contributed by atoms with van der Waals surface area (Å²) in [4.78, 5) is 4.59. The van der Waals surface area contributed by atoms with E-state index >= 15 is 0 Å². The van der Waals surface area contributed by atoms with Gasteiger partial charge in [0, 0.05) is 5.69 Å². The molecule has 0 bridgehead atoms. The molecular weight excluding hydrogens is 409 g/mol. The Morgan fingerprint density at radius 2 is 1.52 bits per heavy atom. The van der Waals surface area contributed by atoms with Crippen LogP contribution in [0.1, 0.15) is 122 Å². The van der Waals surface area contributed by atoms with Crippen LogP contribution in [0, 0.1) is 23.7 Å². The highest BCUT2D eigenvalue weighted by Gasteiger charge is 2.30. The Balaban J connectivity index is 1.28. The highest BCUT2D eigenvalue weighted by Crippen LogP contribution is 2.42. The minimum absolute atomic E-state index is 0.149. The van der Waals surface area contributed by atoms with Gasteiger partial charge in [-0.1, -0.05) is 78.1 Å². The van der Waals surface area contributed by atoms with Gasteiger partial charge in [0.05, 0.1) is 6.20 Å². The molecule has 1 aromatic rings. The minimum atomic E-state index is -0.872. The van der Waals surface area contributed by atoms with Crippen molar-refractivity contribution in [3.05, 3.63) is 24.0 Å². The van der Waals surface area contributed by atoms with Gasteiger partial charge in [-0.25, -0.2) is 4.39 Å². The van der Waals surface area contributed by atoms with Gasteiger partial charge >= 0.3 is 0 Å². The van der Waals surface area contributed by atoms with E-state index in [0.717, 1.165) is 48.6 Å². The normalized spacial score (nSPS) is 26.8. The van der Waals surface area contributed by atoms with Crippen LogP contribution < -0.4 is 4.74 Å². The molecule has 1 unspecified atom stereocenters. The lowest BCUT2D eigenvalue weighted by molar-refractivity contribution is 0.141. The van der Waals surface area contributed by atoms with Crippen molar-refractivity contribution in [3.8, 4) is 5.75 Å². The number of rotatable bonds is 14. The molecule has 1 aromatic heterocycles. The van der Waals surface area contributed by atoms with Gasteiger partial charge in [0.1, 0.15) is 18.5 Å². The van der Waals surface area contributed by atoms with E-state index in [2.05, 4.69) is 24.9 Å². The van der Waals surface area contributed by atoms with E-state index in [1.54, 1.807) is 6.20 Å². The van der Waals surface area contributed by atoms with Crippen molar-refractivity contribution in [1.29, 1.82) is 0 Å². The maximum atomic E-state index is 14.0. The second-order valence-electron chi connectivity index (χ2n) is 11.1. The number of aryl methyl sites for hydroxylation is 1. The second kappa shape index (κ2) is 15.0. The molecule has 0 amide bonds. The topological polar surface area (TPSA) is 22.1 Å². The van der Waals surface area contributed by atoms with Gasteiger partial charge in [-0.15, -0.1) is 0 Å². The molecule has 0 N–H and O–H groups in total. The Labute approximate surface area is 203 Å². The van der Waals surface area contributed by atoms with Gasteiger partial charge in [-0.05, 0) is 80.8 Å². The SMILES string of the molecule is CCCCCCC(F)COc1ccc(CCC2CCC([C@H]3CC[C@H](CCC)CC3)CC2)nc1. The van der Waals surface area contributed by atoms with Crippen molar-refractivity contribution in [2.24, 2.45) is 23.7 Å². The van der Waals surface area contributed by atoms with Crippen LogP contribution in [-0.2, 0) is 6.42 Å². The highest BCUT2D eigenvalue weighted by molar-refractivity contribution is 5.20. The number of ether oxygens (including phenoxy) is 1. The summed E-state index contributed by atoms with van der Waals surface area (Å²) in [5.74, 6) is 4.62. The molecule has 2 saturated carbocycles. The number of nitrogens with zero attached hydrogens (tertiary/aromatic N) is 1. The van der Waals surface area contributed by atoms with Gasteiger partial charge in [0.25, 0.3) is 0 Å². The lowest BCUT2D eigenvalue weighted by Crippen LogP contribution is -2.26. The van der Waals surface area contributed by atoms with Gasteiger partial charge in [0.2, 0.25) is 0 Å². The summed E-state index contributed by atoms with van der Waals surface area (Å²) >= 11 is 0. The zero-order valence-electron chi connectivity index (χ0n) is 21.6. The number of unbranched alkanes of at least 4 members (excludes halogenated alkanes) is 3. The largest absolute Gasteiger partial charge is 0.489 e. The van der Waals surface area contributed by atoms with E-state index in [0.29, 0.717) is 12.2 Å². The number of pyridine rings is 1. The third kappa shape index (κ3) is 9.57. The Morgan fingerprint density at radius 1 is 0.848 bits per heavy atom. The summed E-state index contributed by atoms with van der Waals surface area (Å²) < 4.78 is 19.6. The molecule has 3 heteroatoms. The summed E-state index contributed by atoms with van der Waals surface area (Å²) in [5.41, 5.74) is 1.15. The maximum Gasteiger partial charge on any atom is 0.137 e. The first kappa shape index (κ1) is 26.5. The van der Waals surface area contributed by atoms with E-state index in [1.807, 2.05) is 6.07 Å². The summed E-state index contributed by atoms with van der Waals surface area (Å²) in [6.45, 7) is 4.66. The summed E-state index contributed by atoms with van der Waals surface area (Å²) in [5, 5.41) is 0. The van der Waals surface area contributed by atoms with Crippen LogP contribution in [0.2, 0.25) is 0 Å². The predicted molar refractivity (Wildman–Crippen MR) is 138 cm³/mol.